The highest BCUT2D eigenvalue weighted by atomic mass is 32.2. The van der Waals surface area contributed by atoms with Crippen molar-refractivity contribution in [1.29, 1.82) is 0 Å². The van der Waals surface area contributed by atoms with E-state index >= 15 is 0 Å². The van der Waals surface area contributed by atoms with Gasteiger partial charge in [0.05, 0.1) is 17.1 Å². The SMILES string of the molecule is CCc1cc(C(=O)c2ccc(C(C)(C)C)cc2)c(NC(=O)CSCC(=O)O)s1. The number of carboxylic acid groups (broad SMARTS) is 1. The van der Waals surface area contributed by atoms with Gasteiger partial charge in [-0.15, -0.1) is 23.1 Å². The topological polar surface area (TPSA) is 83.5 Å². The minimum Gasteiger partial charge on any atom is -0.481 e. The number of aliphatic carboxylic acids is 1. The summed E-state index contributed by atoms with van der Waals surface area (Å²) in [5.41, 5.74) is 2.20. The lowest BCUT2D eigenvalue weighted by Crippen LogP contribution is -2.16. The lowest BCUT2D eigenvalue weighted by molar-refractivity contribution is -0.133. The summed E-state index contributed by atoms with van der Waals surface area (Å²) < 4.78 is 0. The molecule has 28 heavy (non-hydrogen) atoms. The van der Waals surface area contributed by atoms with Gasteiger partial charge in [0.2, 0.25) is 5.91 Å². The standard InChI is InChI=1S/C21H25NO4S2/c1-5-15-10-16(20(28-15)22-17(23)11-27-12-18(24)25)19(26)13-6-8-14(9-7-13)21(2,3)4/h6-10H,5,11-12H2,1-4H3,(H,22,23)(H,24,25). The zero-order chi connectivity index (χ0) is 20.9. The predicted molar refractivity (Wildman–Crippen MR) is 116 cm³/mol. The molecule has 0 saturated carbocycles. The van der Waals surface area contributed by atoms with Crippen LogP contribution in [0.5, 0.6) is 0 Å². The molecule has 5 nitrogen and oxygen atoms in total. The third kappa shape index (κ3) is 5.94. The Hall–Kier alpha value is -2.12. The molecule has 0 aliphatic carbocycles. The number of nitrogens with one attached hydrogen (secondary N) is 1. The van der Waals surface area contributed by atoms with E-state index in [1.54, 1.807) is 0 Å². The number of hydrogen-bond acceptors (Lipinski definition) is 5. The third-order valence-electron chi connectivity index (χ3n) is 4.10. The molecule has 0 fully saturated rings. The molecule has 0 unspecified atom stereocenters. The third-order valence-corrected chi connectivity index (χ3v) is 6.21. The van der Waals surface area contributed by atoms with Gasteiger partial charge in [-0.25, -0.2) is 0 Å². The molecule has 0 bridgehead atoms. The van der Waals surface area contributed by atoms with Gasteiger partial charge in [-0.2, -0.15) is 0 Å². The summed E-state index contributed by atoms with van der Waals surface area (Å²) in [5, 5.41) is 12.0. The maximum Gasteiger partial charge on any atom is 0.313 e. The maximum atomic E-state index is 13.0. The zero-order valence-electron chi connectivity index (χ0n) is 16.5. The van der Waals surface area contributed by atoms with Crippen LogP contribution in [0.3, 0.4) is 0 Å². The molecule has 150 valence electrons. The Morgan fingerprint density at radius 1 is 1.11 bits per heavy atom. The van der Waals surface area contributed by atoms with E-state index < -0.39 is 5.97 Å². The van der Waals surface area contributed by atoms with Crippen LogP contribution in [0.25, 0.3) is 0 Å². The van der Waals surface area contributed by atoms with Crippen LogP contribution >= 0.6 is 23.1 Å². The van der Waals surface area contributed by atoms with Crippen LogP contribution in [0.4, 0.5) is 5.00 Å². The molecule has 0 saturated heterocycles. The molecule has 2 aromatic rings. The minimum absolute atomic E-state index is 0.00604. The largest absolute Gasteiger partial charge is 0.481 e. The number of anilines is 1. The number of carboxylic acids is 1. The number of ketones is 1. The van der Waals surface area contributed by atoms with Gasteiger partial charge < -0.3 is 10.4 Å². The summed E-state index contributed by atoms with van der Waals surface area (Å²) in [6, 6.07) is 9.38. The van der Waals surface area contributed by atoms with E-state index in [4.69, 9.17) is 5.11 Å². The van der Waals surface area contributed by atoms with Crippen LogP contribution in [0.1, 0.15) is 54.1 Å². The summed E-state index contributed by atoms with van der Waals surface area (Å²) in [4.78, 5) is 36.7. The van der Waals surface area contributed by atoms with Crippen LogP contribution in [-0.2, 0) is 21.4 Å². The van der Waals surface area contributed by atoms with Gasteiger partial charge in [0.25, 0.3) is 0 Å². The first-order valence-corrected chi connectivity index (χ1v) is 11.0. The highest BCUT2D eigenvalue weighted by Crippen LogP contribution is 2.31. The molecule has 2 rings (SSSR count). The average Bonchev–Trinajstić information content (AvgIpc) is 3.03. The number of aryl methyl sites for hydroxylation is 1. The number of hydrogen-bond donors (Lipinski definition) is 2. The number of benzene rings is 1. The second-order valence-electron chi connectivity index (χ2n) is 7.40. The van der Waals surface area contributed by atoms with Crippen molar-refractivity contribution >= 4 is 45.8 Å². The van der Waals surface area contributed by atoms with E-state index in [0.717, 1.165) is 28.6 Å². The summed E-state index contributed by atoms with van der Waals surface area (Å²) in [6.45, 7) is 8.34. The van der Waals surface area contributed by atoms with Gasteiger partial charge in [-0.3, -0.25) is 14.4 Å². The van der Waals surface area contributed by atoms with Crippen LogP contribution in [-0.4, -0.2) is 34.3 Å². The van der Waals surface area contributed by atoms with Crippen LogP contribution in [0.2, 0.25) is 0 Å². The maximum absolute atomic E-state index is 13.0. The molecule has 0 radical (unpaired) electrons. The number of thiophene rings is 1. The fourth-order valence-corrected chi connectivity index (χ4v) is 4.09. The molecular formula is C21H25NO4S2. The monoisotopic (exact) mass is 419 g/mol. The van der Waals surface area contributed by atoms with Gasteiger partial charge in [-0.05, 0) is 23.5 Å². The number of carbonyl (C=O) groups excluding carboxylic acids is 2. The van der Waals surface area contributed by atoms with Gasteiger partial charge in [0, 0.05) is 10.4 Å². The van der Waals surface area contributed by atoms with Gasteiger partial charge >= 0.3 is 5.97 Å². The zero-order valence-corrected chi connectivity index (χ0v) is 18.1. The molecule has 0 aliphatic rings. The van der Waals surface area contributed by atoms with Crippen LogP contribution < -0.4 is 5.32 Å². The fraction of sp³-hybridized carbons (Fsp3) is 0.381. The number of carbonyl (C=O) groups is 3. The Bertz CT molecular complexity index is 864. The lowest BCUT2D eigenvalue weighted by Gasteiger charge is -2.19. The molecule has 0 atom stereocenters. The van der Waals surface area contributed by atoms with Gasteiger partial charge in [-0.1, -0.05) is 52.0 Å². The number of thioether (sulfide) groups is 1. The normalized spacial score (nSPS) is 11.3. The van der Waals surface area contributed by atoms with Crippen molar-refractivity contribution in [3.63, 3.8) is 0 Å². The van der Waals surface area contributed by atoms with Crippen molar-refractivity contribution in [2.24, 2.45) is 0 Å². The molecular weight excluding hydrogens is 394 g/mol. The Morgan fingerprint density at radius 2 is 1.75 bits per heavy atom. The number of rotatable bonds is 8. The Morgan fingerprint density at radius 3 is 2.29 bits per heavy atom. The van der Waals surface area contributed by atoms with Crippen molar-refractivity contribution in [2.45, 2.75) is 39.5 Å². The van der Waals surface area contributed by atoms with Crippen molar-refractivity contribution in [3.8, 4) is 0 Å². The average molecular weight is 420 g/mol. The molecule has 7 heteroatoms. The molecule has 1 heterocycles. The Balaban J connectivity index is 2.20. The first-order valence-electron chi connectivity index (χ1n) is 8.99. The first-order chi connectivity index (χ1) is 13.1. The van der Waals surface area contributed by atoms with Crippen LogP contribution in [0.15, 0.2) is 30.3 Å². The summed E-state index contributed by atoms with van der Waals surface area (Å²) in [7, 11) is 0. The number of amides is 1. The van der Waals surface area contributed by atoms with Crippen molar-refractivity contribution in [3.05, 3.63) is 51.9 Å². The van der Waals surface area contributed by atoms with Crippen molar-refractivity contribution < 1.29 is 19.5 Å². The molecule has 1 aromatic carbocycles. The van der Waals surface area contributed by atoms with Gasteiger partial charge in [0.1, 0.15) is 5.00 Å². The van der Waals surface area contributed by atoms with E-state index in [2.05, 4.69) is 26.1 Å². The molecule has 2 N–H and O–H groups in total. The minimum atomic E-state index is -0.961. The smallest absolute Gasteiger partial charge is 0.313 e. The quantitative estimate of drug-likeness (QED) is 0.611. The summed E-state index contributed by atoms with van der Waals surface area (Å²) in [6.07, 6.45) is 0.761. The lowest BCUT2D eigenvalue weighted by atomic mass is 9.86. The predicted octanol–water partition coefficient (Wildman–Crippen LogP) is 4.60. The van der Waals surface area contributed by atoms with E-state index in [1.165, 1.54) is 11.3 Å². The highest BCUT2D eigenvalue weighted by Gasteiger charge is 2.20. The van der Waals surface area contributed by atoms with E-state index in [9.17, 15) is 14.4 Å². The van der Waals surface area contributed by atoms with Crippen molar-refractivity contribution in [2.75, 3.05) is 16.8 Å². The van der Waals surface area contributed by atoms with Crippen LogP contribution in [0, 0.1) is 0 Å². The molecule has 1 aromatic heterocycles. The summed E-state index contributed by atoms with van der Waals surface area (Å²) in [5.74, 6) is -1.52. The first kappa shape index (κ1) is 22.2. The second kappa shape index (κ2) is 9.39. The highest BCUT2D eigenvalue weighted by molar-refractivity contribution is 8.00. The Labute approximate surface area is 173 Å². The fourth-order valence-electron chi connectivity index (χ4n) is 2.55. The summed E-state index contributed by atoms with van der Waals surface area (Å²) >= 11 is 2.40. The van der Waals surface area contributed by atoms with Gasteiger partial charge in [0.15, 0.2) is 5.78 Å². The van der Waals surface area contributed by atoms with E-state index in [0.29, 0.717) is 16.1 Å². The molecule has 0 spiro atoms. The van der Waals surface area contributed by atoms with Crippen molar-refractivity contribution in [1.82, 2.24) is 0 Å². The second-order valence-corrected chi connectivity index (χ2v) is 9.52. The van der Waals surface area contributed by atoms with E-state index in [1.807, 2.05) is 37.3 Å². The molecule has 0 aliphatic heterocycles. The molecule has 1 amide bonds. The Kier molecular flexibility index (Phi) is 7.43. The van der Waals surface area contributed by atoms with E-state index in [-0.39, 0.29) is 28.6 Å².